The normalized spacial score (nSPS) is 14.0. The quantitative estimate of drug-likeness (QED) is 0.223. The Balaban J connectivity index is 3.22. The molecule has 0 aromatic heterocycles. The molecule has 0 aliphatic rings. The Labute approximate surface area is 144 Å². The van der Waals surface area contributed by atoms with Crippen LogP contribution in [0.2, 0.25) is 0 Å². The Morgan fingerprint density at radius 1 is 0.609 bits per heavy atom. The molecule has 0 rings (SSSR count). The van der Waals surface area contributed by atoms with Crippen LogP contribution in [0.3, 0.4) is 0 Å². The number of hydrogen-bond donors (Lipinski definition) is 1. The summed E-state index contributed by atoms with van der Waals surface area (Å²) in [5.41, 5.74) is 0. The summed E-state index contributed by atoms with van der Waals surface area (Å²) in [4.78, 5) is 9.43. The van der Waals surface area contributed by atoms with Crippen LogP contribution in [0.4, 0.5) is 0 Å². The van der Waals surface area contributed by atoms with E-state index in [0.717, 1.165) is 25.7 Å². The Bertz CT molecular complexity index is 284. The summed E-state index contributed by atoms with van der Waals surface area (Å²) in [6, 6.07) is 0. The number of rotatable bonds is 18. The molecule has 0 heterocycles. The first-order chi connectivity index (χ1) is 11.1. The second-order valence-electron chi connectivity index (χ2n) is 6.38. The van der Waals surface area contributed by atoms with Crippen LogP contribution in [0.15, 0.2) is 0 Å². The van der Waals surface area contributed by atoms with Gasteiger partial charge in [-0.15, -0.1) is 0 Å². The maximum atomic E-state index is 11.5. The maximum Gasteiger partial charge on any atom is 0.472 e. The summed E-state index contributed by atoms with van der Waals surface area (Å²) >= 11 is 0. The maximum absolute atomic E-state index is 11.5. The predicted molar refractivity (Wildman–Crippen MR) is 97.7 cm³/mol. The van der Waals surface area contributed by atoms with Gasteiger partial charge in [-0.3, -0.25) is 9.05 Å². The highest BCUT2D eigenvalue weighted by molar-refractivity contribution is 7.47. The van der Waals surface area contributed by atoms with E-state index in [1.807, 2.05) is 6.92 Å². The van der Waals surface area contributed by atoms with Gasteiger partial charge in [0, 0.05) is 0 Å². The molecule has 1 N–H and O–H groups in total. The number of unbranched alkanes of at least 4 members (excludes halogenated alkanes) is 12. The molecule has 0 amide bonds. The van der Waals surface area contributed by atoms with Crippen molar-refractivity contribution in [2.24, 2.45) is 0 Å². The summed E-state index contributed by atoms with van der Waals surface area (Å²) in [7, 11) is -3.80. The zero-order valence-corrected chi connectivity index (χ0v) is 16.3. The largest absolute Gasteiger partial charge is 0.472 e. The fraction of sp³-hybridized carbons (Fsp3) is 1.00. The van der Waals surface area contributed by atoms with Crippen LogP contribution in [-0.2, 0) is 13.6 Å². The lowest BCUT2D eigenvalue weighted by Crippen LogP contribution is -1.98. The van der Waals surface area contributed by atoms with E-state index in [2.05, 4.69) is 6.92 Å². The first-order valence-corrected chi connectivity index (χ1v) is 11.2. The highest BCUT2D eigenvalue weighted by Gasteiger charge is 2.19. The Morgan fingerprint density at radius 2 is 0.957 bits per heavy atom. The molecule has 5 heteroatoms. The zero-order valence-electron chi connectivity index (χ0n) is 15.4. The van der Waals surface area contributed by atoms with Crippen LogP contribution in [0.1, 0.15) is 104 Å². The number of phosphoric acid groups is 1. The standard InChI is InChI=1S/C18H39O4P/c1-3-5-7-8-9-10-11-12-13-14-15-16-18-22-23(19,20)21-17-6-4-2/h3-18H2,1-2H3,(H,19,20). The van der Waals surface area contributed by atoms with E-state index >= 15 is 0 Å². The van der Waals surface area contributed by atoms with E-state index < -0.39 is 7.82 Å². The van der Waals surface area contributed by atoms with Gasteiger partial charge in [-0.1, -0.05) is 90.9 Å². The van der Waals surface area contributed by atoms with Crippen molar-refractivity contribution in [2.75, 3.05) is 13.2 Å². The SMILES string of the molecule is CCCCCCCCCCCCCCOP(=O)(O)OCCCC. The van der Waals surface area contributed by atoms with Crippen molar-refractivity contribution in [3.8, 4) is 0 Å². The zero-order chi connectivity index (χ0) is 17.2. The first kappa shape index (κ1) is 23.1. The van der Waals surface area contributed by atoms with Crippen LogP contribution in [0, 0.1) is 0 Å². The third kappa shape index (κ3) is 18.3. The molecule has 1 atom stereocenters. The molecule has 1 unspecified atom stereocenters. The second kappa shape index (κ2) is 17.0. The van der Waals surface area contributed by atoms with Crippen molar-refractivity contribution in [1.29, 1.82) is 0 Å². The van der Waals surface area contributed by atoms with Gasteiger partial charge in [0.05, 0.1) is 13.2 Å². The molecular weight excluding hydrogens is 311 g/mol. The molecule has 0 aromatic carbocycles. The van der Waals surface area contributed by atoms with Gasteiger partial charge in [-0.25, -0.2) is 4.57 Å². The minimum atomic E-state index is -3.80. The van der Waals surface area contributed by atoms with Crippen LogP contribution in [0.5, 0.6) is 0 Å². The van der Waals surface area contributed by atoms with Crippen LogP contribution in [-0.4, -0.2) is 18.1 Å². The topological polar surface area (TPSA) is 55.8 Å². The van der Waals surface area contributed by atoms with Crippen molar-refractivity contribution in [1.82, 2.24) is 0 Å². The van der Waals surface area contributed by atoms with E-state index in [1.165, 1.54) is 64.2 Å². The van der Waals surface area contributed by atoms with Gasteiger partial charge in [-0.05, 0) is 12.8 Å². The fourth-order valence-corrected chi connectivity index (χ4v) is 3.28. The molecule has 4 nitrogen and oxygen atoms in total. The molecule has 0 saturated carbocycles. The summed E-state index contributed by atoms with van der Waals surface area (Å²) < 4.78 is 21.3. The van der Waals surface area contributed by atoms with E-state index in [0.29, 0.717) is 13.2 Å². The number of hydrogen-bond acceptors (Lipinski definition) is 3. The Hall–Kier alpha value is 0.110. The van der Waals surface area contributed by atoms with Crippen LogP contribution < -0.4 is 0 Å². The molecule has 0 aromatic rings. The van der Waals surface area contributed by atoms with Gasteiger partial charge in [0.15, 0.2) is 0 Å². The molecule has 0 spiro atoms. The van der Waals surface area contributed by atoms with Gasteiger partial charge in [0.2, 0.25) is 0 Å². The fourth-order valence-electron chi connectivity index (χ4n) is 2.48. The molecule has 0 bridgehead atoms. The lowest BCUT2D eigenvalue weighted by molar-refractivity contribution is 0.146. The van der Waals surface area contributed by atoms with Gasteiger partial charge in [-0.2, -0.15) is 0 Å². The average molecular weight is 350 g/mol. The van der Waals surface area contributed by atoms with Crippen molar-refractivity contribution >= 4 is 7.82 Å². The first-order valence-electron chi connectivity index (χ1n) is 9.74. The average Bonchev–Trinajstić information content (AvgIpc) is 2.52. The van der Waals surface area contributed by atoms with Crippen LogP contribution in [0.25, 0.3) is 0 Å². The summed E-state index contributed by atoms with van der Waals surface area (Å²) in [5.74, 6) is 0. The lowest BCUT2D eigenvalue weighted by Gasteiger charge is -2.11. The minimum Gasteiger partial charge on any atom is -0.302 e. The minimum absolute atomic E-state index is 0.294. The Kier molecular flexibility index (Phi) is 17.0. The lowest BCUT2D eigenvalue weighted by atomic mass is 10.1. The van der Waals surface area contributed by atoms with Crippen molar-refractivity contribution in [3.63, 3.8) is 0 Å². The molecule has 0 saturated heterocycles. The highest BCUT2D eigenvalue weighted by atomic mass is 31.2. The second-order valence-corrected chi connectivity index (χ2v) is 7.83. The molecule has 23 heavy (non-hydrogen) atoms. The van der Waals surface area contributed by atoms with E-state index in [9.17, 15) is 9.46 Å². The third-order valence-electron chi connectivity index (χ3n) is 4.00. The molecule has 0 fully saturated rings. The van der Waals surface area contributed by atoms with Gasteiger partial charge < -0.3 is 4.89 Å². The van der Waals surface area contributed by atoms with Crippen LogP contribution >= 0.6 is 7.82 Å². The predicted octanol–water partition coefficient (Wildman–Crippen LogP) is 6.62. The molecule has 0 aliphatic heterocycles. The van der Waals surface area contributed by atoms with Crippen molar-refractivity contribution < 1.29 is 18.5 Å². The highest BCUT2D eigenvalue weighted by Crippen LogP contribution is 2.43. The third-order valence-corrected chi connectivity index (χ3v) is 5.02. The monoisotopic (exact) mass is 350 g/mol. The molecular formula is C18H39O4P. The van der Waals surface area contributed by atoms with Crippen molar-refractivity contribution in [2.45, 2.75) is 104 Å². The van der Waals surface area contributed by atoms with E-state index in [4.69, 9.17) is 9.05 Å². The molecule has 0 aliphatic carbocycles. The smallest absolute Gasteiger partial charge is 0.302 e. The summed E-state index contributed by atoms with van der Waals surface area (Å²) in [5, 5.41) is 0. The van der Waals surface area contributed by atoms with E-state index in [-0.39, 0.29) is 0 Å². The van der Waals surface area contributed by atoms with Gasteiger partial charge in [0.1, 0.15) is 0 Å². The molecule has 0 radical (unpaired) electrons. The van der Waals surface area contributed by atoms with E-state index in [1.54, 1.807) is 0 Å². The Morgan fingerprint density at radius 3 is 1.39 bits per heavy atom. The summed E-state index contributed by atoms with van der Waals surface area (Å²) in [6.45, 7) is 4.88. The van der Waals surface area contributed by atoms with Gasteiger partial charge >= 0.3 is 7.82 Å². The van der Waals surface area contributed by atoms with Gasteiger partial charge in [0.25, 0.3) is 0 Å². The molecule has 140 valence electrons. The number of phosphoric ester groups is 1. The summed E-state index contributed by atoms with van der Waals surface area (Å²) in [6.07, 6.45) is 17.0. The van der Waals surface area contributed by atoms with Crippen molar-refractivity contribution in [3.05, 3.63) is 0 Å².